The molecule has 0 unspecified atom stereocenters. The smallest absolute Gasteiger partial charge is 0.319 e. The molecule has 0 aromatic carbocycles. The van der Waals surface area contributed by atoms with E-state index in [0.717, 1.165) is 6.42 Å². The predicted octanol–water partition coefficient (Wildman–Crippen LogP) is 1.40. The third-order valence-corrected chi connectivity index (χ3v) is 2.59. The fraction of sp³-hybridized carbons (Fsp3) is 0.800. The summed E-state index contributed by atoms with van der Waals surface area (Å²) in [6, 6.07) is 0. The van der Waals surface area contributed by atoms with Gasteiger partial charge in [0.2, 0.25) is 5.91 Å². The van der Waals surface area contributed by atoms with Gasteiger partial charge in [-0.05, 0) is 19.3 Å². The molecule has 0 atom stereocenters. The van der Waals surface area contributed by atoms with E-state index in [9.17, 15) is 9.59 Å². The van der Waals surface area contributed by atoms with Crippen molar-refractivity contribution in [3.63, 3.8) is 0 Å². The number of amides is 1. The molecule has 0 saturated heterocycles. The third-order valence-electron chi connectivity index (χ3n) is 2.59. The lowest BCUT2D eigenvalue weighted by Gasteiger charge is -2.25. The first kappa shape index (κ1) is 12.9. The average molecular weight is 201 g/mol. The first-order valence-corrected chi connectivity index (χ1v) is 5.06. The molecule has 0 saturated carbocycles. The van der Waals surface area contributed by atoms with Crippen molar-refractivity contribution in [3.8, 4) is 0 Å². The molecule has 82 valence electrons. The van der Waals surface area contributed by atoms with Crippen LogP contribution in [0.1, 0.15) is 40.0 Å². The highest BCUT2D eigenvalue weighted by Crippen LogP contribution is 2.26. The largest absolute Gasteiger partial charge is 0.480 e. The van der Waals surface area contributed by atoms with E-state index >= 15 is 0 Å². The molecule has 0 aliphatic carbocycles. The second-order valence-corrected chi connectivity index (χ2v) is 3.35. The maximum absolute atomic E-state index is 11.6. The molecule has 0 aromatic rings. The van der Waals surface area contributed by atoms with E-state index in [4.69, 9.17) is 5.11 Å². The number of rotatable bonds is 6. The van der Waals surface area contributed by atoms with Gasteiger partial charge in [0.25, 0.3) is 0 Å². The number of carboxylic acids is 1. The lowest BCUT2D eigenvalue weighted by atomic mass is 9.81. The van der Waals surface area contributed by atoms with Gasteiger partial charge in [0.05, 0.1) is 0 Å². The number of nitrogens with one attached hydrogen (secondary N) is 1. The normalized spacial score (nSPS) is 11.1. The standard InChI is InChI=1S/C10H19NO3/c1-4-7-11-8(12)10(5-2,6-3)9(13)14/h4-7H2,1-3H3,(H,11,12)(H,13,14). The first-order valence-electron chi connectivity index (χ1n) is 5.06. The summed E-state index contributed by atoms with van der Waals surface area (Å²) in [5.41, 5.74) is -1.24. The molecule has 4 nitrogen and oxygen atoms in total. The van der Waals surface area contributed by atoms with Crippen molar-refractivity contribution in [1.29, 1.82) is 0 Å². The van der Waals surface area contributed by atoms with E-state index in [1.54, 1.807) is 13.8 Å². The van der Waals surface area contributed by atoms with Crippen LogP contribution in [-0.4, -0.2) is 23.5 Å². The average Bonchev–Trinajstić information content (AvgIpc) is 2.17. The third kappa shape index (κ3) is 2.47. The molecular weight excluding hydrogens is 182 g/mol. The summed E-state index contributed by atoms with van der Waals surface area (Å²) in [6.07, 6.45) is 1.47. The Hall–Kier alpha value is -1.06. The van der Waals surface area contributed by atoms with Crippen LogP contribution in [0.25, 0.3) is 0 Å². The lowest BCUT2D eigenvalue weighted by molar-refractivity contribution is -0.156. The summed E-state index contributed by atoms with van der Waals surface area (Å²) in [5.74, 6) is -1.40. The number of carbonyl (C=O) groups excluding carboxylic acids is 1. The fourth-order valence-electron chi connectivity index (χ4n) is 1.38. The molecule has 1 amide bonds. The van der Waals surface area contributed by atoms with Crippen LogP contribution in [0.2, 0.25) is 0 Å². The van der Waals surface area contributed by atoms with Crippen LogP contribution in [0.3, 0.4) is 0 Å². The summed E-state index contributed by atoms with van der Waals surface area (Å²) in [6.45, 7) is 5.92. The van der Waals surface area contributed by atoms with Crippen LogP contribution in [-0.2, 0) is 9.59 Å². The molecule has 0 spiro atoms. The van der Waals surface area contributed by atoms with Crippen LogP contribution in [0.15, 0.2) is 0 Å². The highest BCUT2D eigenvalue weighted by molar-refractivity contribution is 6.01. The molecule has 0 aliphatic rings. The van der Waals surface area contributed by atoms with Gasteiger partial charge in [-0.3, -0.25) is 9.59 Å². The zero-order valence-corrected chi connectivity index (χ0v) is 9.09. The molecule has 4 heteroatoms. The Morgan fingerprint density at radius 3 is 2.00 bits per heavy atom. The quantitative estimate of drug-likeness (QED) is 0.638. The summed E-state index contributed by atoms with van der Waals surface area (Å²) < 4.78 is 0. The maximum Gasteiger partial charge on any atom is 0.319 e. The van der Waals surface area contributed by atoms with Gasteiger partial charge in [-0.25, -0.2) is 0 Å². The van der Waals surface area contributed by atoms with Gasteiger partial charge < -0.3 is 10.4 Å². The van der Waals surface area contributed by atoms with Crippen LogP contribution in [0.5, 0.6) is 0 Å². The van der Waals surface area contributed by atoms with Crippen molar-refractivity contribution in [1.82, 2.24) is 5.32 Å². The number of hydrogen-bond acceptors (Lipinski definition) is 2. The zero-order valence-electron chi connectivity index (χ0n) is 9.09. The van der Waals surface area contributed by atoms with E-state index in [2.05, 4.69) is 5.32 Å². The van der Waals surface area contributed by atoms with Gasteiger partial charge in [0.1, 0.15) is 5.41 Å². The Kier molecular flexibility index (Phi) is 5.20. The van der Waals surface area contributed by atoms with E-state index in [-0.39, 0.29) is 5.91 Å². The van der Waals surface area contributed by atoms with Crippen molar-refractivity contribution >= 4 is 11.9 Å². The minimum absolute atomic E-state index is 0.328. The lowest BCUT2D eigenvalue weighted by Crippen LogP contribution is -2.46. The van der Waals surface area contributed by atoms with Crippen molar-refractivity contribution < 1.29 is 14.7 Å². The van der Waals surface area contributed by atoms with Gasteiger partial charge >= 0.3 is 5.97 Å². The Labute approximate surface area is 84.7 Å². The van der Waals surface area contributed by atoms with Gasteiger partial charge in [-0.15, -0.1) is 0 Å². The molecule has 0 radical (unpaired) electrons. The van der Waals surface area contributed by atoms with Gasteiger partial charge in [0.15, 0.2) is 0 Å². The second kappa shape index (κ2) is 5.62. The monoisotopic (exact) mass is 201 g/mol. The highest BCUT2D eigenvalue weighted by Gasteiger charge is 2.42. The molecular formula is C10H19NO3. The first-order chi connectivity index (χ1) is 6.55. The molecule has 0 bridgehead atoms. The zero-order chi connectivity index (χ0) is 11.2. The molecule has 2 N–H and O–H groups in total. The minimum Gasteiger partial charge on any atom is -0.480 e. The summed E-state index contributed by atoms with van der Waals surface area (Å²) in [7, 11) is 0. The van der Waals surface area contributed by atoms with E-state index in [0.29, 0.717) is 19.4 Å². The molecule has 14 heavy (non-hydrogen) atoms. The number of carbonyl (C=O) groups is 2. The topological polar surface area (TPSA) is 66.4 Å². The highest BCUT2D eigenvalue weighted by atomic mass is 16.4. The van der Waals surface area contributed by atoms with Crippen LogP contribution >= 0.6 is 0 Å². The van der Waals surface area contributed by atoms with Crippen molar-refractivity contribution in [3.05, 3.63) is 0 Å². The van der Waals surface area contributed by atoms with E-state index in [1.807, 2.05) is 6.92 Å². The fourth-order valence-corrected chi connectivity index (χ4v) is 1.38. The number of carboxylic acid groups (broad SMARTS) is 1. The Balaban J connectivity index is 4.63. The Morgan fingerprint density at radius 2 is 1.71 bits per heavy atom. The second-order valence-electron chi connectivity index (χ2n) is 3.35. The van der Waals surface area contributed by atoms with Crippen molar-refractivity contribution in [2.24, 2.45) is 5.41 Å². The number of hydrogen-bond donors (Lipinski definition) is 2. The van der Waals surface area contributed by atoms with E-state index < -0.39 is 11.4 Å². The molecule has 0 rings (SSSR count). The molecule has 0 fully saturated rings. The molecule has 0 aromatic heterocycles. The van der Waals surface area contributed by atoms with E-state index in [1.165, 1.54) is 0 Å². The van der Waals surface area contributed by atoms with Crippen LogP contribution in [0, 0.1) is 5.41 Å². The minimum atomic E-state index is -1.24. The summed E-state index contributed by atoms with van der Waals surface area (Å²) >= 11 is 0. The van der Waals surface area contributed by atoms with Crippen molar-refractivity contribution in [2.45, 2.75) is 40.0 Å². The summed E-state index contributed by atoms with van der Waals surface area (Å²) in [4.78, 5) is 22.7. The summed E-state index contributed by atoms with van der Waals surface area (Å²) in [5, 5.41) is 11.7. The SMILES string of the molecule is CCCNC(=O)C(CC)(CC)C(=O)O. The number of aliphatic carboxylic acids is 1. The molecule has 0 aliphatic heterocycles. The van der Waals surface area contributed by atoms with Gasteiger partial charge in [0, 0.05) is 6.54 Å². The maximum atomic E-state index is 11.6. The van der Waals surface area contributed by atoms with Crippen molar-refractivity contribution in [2.75, 3.05) is 6.54 Å². The van der Waals surface area contributed by atoms with Crippen LogP contribution in [0.4, 0.5) is 0 Å². The predicted molar refractivity (Wildman–Crippen MR) is 54.0 cm³/mol. The van der Waals surface area contributed by atoms with Crippen LogP contribution < -0.4 is 5.32 Å². The molecule has 0 heterocycles. The Bertz CT molecular complexity index is 209. The van der Waals surface area contributed by atoms with Gasteiger partial charge in [-0.2, -0.15) is 0 Å². The van der Waals surface area contributed by atoms with Gasteiger partial charge in [-0.1, -0.05) is 20.8 Å². The Morgan fingerprint density at radius 1 is 1.21 bits per heavy atom.